The van der Waals surface area contributed by atoms with Crippen LogP contribution >= 0.6 is 0 Å². The number of carbonyl (C=O) groups is 1. The molecule has 0 unspecified atom stereocenters. The van der Waals surface area contributed by atoms with Crippen LogP contribution in [-0.4, -0.2) is 19.2 Å². The van der Waals surface area contributed by atoms with Crippen LogP contribution in [0, 0.1) is 5.92 Å². The first-order valence-electron chi connectivity index (χ1n) is 3.43. The summed E-state index contributed by atoms with van der Waals surface area (Å²) in [6.45, 7) is 5.63. The molecule has 0 aromatic carbocycles. The molecule has 2 N–H and O–H groups in total. The van der Waals surface area contributed by atoms with Crippen LogP contribution in [0.5, 0.6) is 0 Å². The Morgan fingerprint density at radius 3 is 2.80 bits per heavy atom. The molecule has 0 saturated carbocycles. The van der Waals surface area contributed by atoms with Crippen LogP contribution in [0.15, 0.2) is 4.99 Å². The molecule has 0 aliphatic rings. The number of nitrogens with two attached hydrogens (primary N) is 1. The van der Waals surface area contributed by atoms with Gasteiger partial charge in [-0.05, 0) is 26.1 Å². The van der Waals surface area contributed by atoms with Crippen LogP contribution in [0.3, 0.4) is 0 Å². The molecule has 0 heterocycles. The van der Waals surface area contributed by atoms with Gasteiger partial charge in [0.25, 0.3) is 0 Å². The quantitative estimate of drug-likeness (QED) is 0.584. The molecule has 58 valence electrons. The largest absolute Gasteiger partial charge is 0.330 e. The number of hydrogen-bond acceptors (Lipinski definition) is 2. The second-order valence-corrected chi connectivity index (χ2v) is 2.33. The summed E-state index contributed by atoms with van der Waals surface area (Å²) in [6.07, 6.45) is 1.69. The molecular weight excluding hydrogens is 128 g/mol. The van der Waals surface area contributed by atoms with Crippen molar-refractivity contribution < 1.29 is 4.79 Å². The lowest BCUT2D eigenvalue weighted by Crippen LogP contribution is -2.10. The van der Waals surface area contributed by atoms with E-state index in [1.54, 1.807) is 0 Å². The van der Waals surface area contributed by atoms with Gasteiger partial charge in [0, 0.05) is 5.92 Å². The summed E-state index contributed by atoms with van der Waals surface area (Å²) in [4.78, 5) is 14.1. The average Bonchev–Trinajstić information content (AvgIpc) is 1.98. The highest BCUT2D eigenvalue weighted by molar-refractivity contribution is 5.82. The average molecular weight is 142 g/mol. The topological polar surface area (TPSA) is 55.5 Å². The number of carbonyl (C=O) groups excluding carboxylic acids is 1. The van der Waals surface area contributed by atoms with Gasteiger partial charge in [-0.1, -0.05) is 6.92 Å². The third kappa shape index (κ3) is 3.35. The zero-order valence-corrected chi connectivity index (χ0v) is 6.34. The molecular formula is C7H14N2O. The lowest BCUT2D eigenvalue weighted by atomic mass is 10.1. The Morgan fingerprint density at radius 2 is 2.40 bits per heavy atom. The maximum Gasteiger partial charge on any atom is 0.247 e. The van der Waals surface area contributed by atoms with Gasteiger partial charge in [-0.25, -0.2) is 4.99 Å². The van der Waals surface area contributed by atoms with Gasteiger partial charge >= 0.3 is 0 Å². The van der Waals surface area contributed by atoms with Crippen LogP contribution in [-0.2, 0) is 4.79 Å². The normalized spacial score (nSPS) is 12.6. The van der Waals surface area contributed by atoms with Crippen LogP contribution in [0.2, 0.25) is 0 Å². The van der Waals surface area contributed by atoms with Crippen molar-refractivity contribution in [1.29, 1.82) is 0 Å². The van der Waals surface area contributed by atoms with Crippen molar-refractivity contribution in [2.45, 2.75) is 19.8 Å². The molecule has 10 heavy (non-hydrogen) atoms. The van der Waals surface area contributed by atoms with Crippen molar-refractivity contribution in [3.05, 3.63) is 0 Å². The van der Waals surface area contributed by atoms with E-state index >= 15 is 0 Å². The summed E-state index contributed by atoms with van der Waals surface area (Å²) in [5.41, 5.74) is 5.26. The van der Waals surface area contributed by atoms with E-state index in [1.807, 2.05) is 6.92 Å². The number of nitrogens with zero attached hydrogens (tertiary/aromatic N) is 1. The first-order valence-corrected chi connectivity index (χ1v) is 3.43. The third-order valence-electron chi connectivity index (χ3n) is 1.42. The molecule has 0 rings (SSSR count). The van der Waals surface area contributed by atoms with E-state index in [-0.39, 0.29) is 11.8 Å². The first-order chi connectivity index (χ1) is 4.72. The molecule has 0 aliphatic heterocycles. The predicted octanol–water partition coefficient (Wildman–Crippen LogP) is 0.589. The summed E-state index contributed by atoms with van der Waals surface area (Å²) in [5, 5.41) is 0. The zero-order valence-electron chi connectivity index (χ0n) is 6.34. The Hall–Kier alpha value is -0.700. The highest BCUT2D eigenvalue weighted by Gasteiger charge is 2.08. The van der Waals surface area contributed by atoms with Crippen LogP contribution in [0.25, 0.3) is 0 Å². The molecule has 3 nitrogen and oxygen atoms in total. The fraction of sp³-hybridized carbons (Fsp3) is 0.714. The van der Waals surface area contributed by atoms with Crippen LogP contribution in [0.1, 0.15) is 19.8 Å². The van der Waals surface area contributed by atoms with Crippen molar-refractivity contribution in [3.63, 3.8) is 0 Å². The smallest absolute Gasteiger partial charge is 0.247 e. The highest BCUT2D eigenvalue weighted by Crippen LogP contribution is 2.05. The van der Waals surface area contributed by atoms with Gasteiger partial charge in [0.1, 0.15) is 0 Å². The van der Waals surface area contributed by atoms with E-state index in [0.717, 1.165) is 12.8 Å². The second kappa shape index (κ2) is 5.11. The third-order valence-corrected chi connectivity index (χ3v) is 1.42. The highest BCUT2D eigenvalue weighted by atomic mass is 16.1. The van der Waals surface area contributed by atoms with E-state index in [2.05, 4.69) is 11.7 Å². The van der Waals surface area contributed by atoms with Gasteiger partial charge in [-0.15, -0.1) is 0 Å². The molecule has 3 heteroatoms. The number of amides is 1. The summed E-state index contributed by atoms with van der Waals surface area (Å²) >= 11 is 0. The Morgan fingerprint density at radius 1 is 1.80 bits per heavy atom. The molecule has 0 fully saturated rings. The zero-order chi connectivity index (χ0) is 7.98. The van der Waals surface area contributed by atoms with Crippen molar-refractivity contribution in [2.75, 3.05) is 6.54 Å². The minimum Gasteiger partial charge on any atom is -0.330 e. The van der Waals surface area contributed by atoms with E-state index in [1.165, 1.54) is 0 Å². The van der Waals surface area contributed by atoms with Crippen LogP contribution < -0.4 is 5.73 Å². The lowest BCUT2D eigenvalue weighted by Gasteiger charge is -2.03. The Balaban J connectivity index is 3.51. The summed E-state index contributed by atoms with van der Waals surface area (Å²) in [5.74, 6) is -0.144. The SMILES string of the molecule is C=NC(=O)[C@@H](C)CCCN. The maximum atomic E-state index is 10.7. The fourth-order valence-electron chi connectivity index (χ4n) is 0.703. The first kappa shape index (κ1) is 9.30. The second-order valence-electron chi connectivity index (χ2n) is 2.33. The molecule has 0 bridgehead atoms. The fourth-order valence-corrected chi connectivity index (χ4v) is 0.703. The molecule has 0 aromatic rings. The van der Waals surface area contributed by atoms with Gasteiger partial charge in [-0.3, -0.25) is 4.79 Å². The van der Waals surface area contributed by atoms with E-state index in [9.17, 15) is 4.79 Å². The number of hydrogen-bond donors (Lipinski definition) is 1. The standard InChI is InChI=1S/C7H14N2O/c1-6(4-3-5-8)7(10)9-2/h6H,2-5,8H2,1H3/t6-/m0/s1. The minimum absolute atomic E-state index is 0.0129. The summed E-state index contributed by atoms with van der Waals surface area (Å²) in [6, 6.07) is 0. The molecule has 1 atom stereocenters. The summed E-state index contributed by atoms with van der Waals surface area (Å²) in [7, 11) is 0. The molecule has 0 radical (unpaired) electrons. The molecule has 0 spiro atoms. The van der Waals surface area contributed by atoms with Crippen molar-refractivity contribution in [1.82, 2.24) is 0 Å². The van der Waals surface area contributed by atoms with Gasteiger partial charge in [0.15, 0.2) is 0 Å². The monoisotopic (exact) mass is 142 g/mol. The number of rotatable bonds is 4. The maximum absolute atomic E-state index is 10.7. The molecule has 1 amide bonds. The van der Waals surface area contributed by atoms with E-state index in [4.69, 9.17) is 5.73 Å². The van der Waals surface area contributed by atoms with Crippen molar-refractivity contribution >= 4 is 12.6 Å². The predicted molar refractivity (Wildman–Crippen MR) is 42.0 cm³/mol. The minimum atomic E-state index is -0.131. The molecule has 0 aromatic heterocycles. The van der Waals surface area contributed by atoms with Gasteiger partial charge < -0.3 is 5.73 Å². The van der Waals surface area contributed by atoms with Crippen LogP contribution in [0.4, 0.5) is 0 Å². The Labute approximate surface area is 61.3 Å². The lowest BCUT2D eigenvalue weighted by molar-refractivity contribution is -0.121. The molecule has 0 saturated heterocycles. The van der Waals surface area contributed by atoms with Gasteiger partial charge in [-0.2, -0.15) is 0 Å². The summed E-state index contributed by atoms with van der Waals surface area (Å²) < 4.78 is 0. The number of aliphatic imine (C=N–C) groups is 1. The Bertz CT molecular complexity index is 123. The van der Waals surface area contributed by atoms with Crippen molar-refractivity contribution in [3.8, 4) is 0 Å². The van der Waals surface area contributed by atoms with Gasteiger partial charge in [0.2, 0.25) is 5.91 Å². The van der Waals surface area contributed by atoms with Crippen molar-refractivity contribution in [2.24, 2.45) is 16.6 Å². The van der Waals surface area contributed by atoms with E-state index in [0.29, 0.717) is 6.54 Å². The Kier molecular flexibility index (Phi) is 4.76. The van der Waals surface area contributed by atoms with Gasteiger partial charge in [0.05, 0.1) is 0 Å². The molecule has 0 aliphatic carbocycles. The van der Waals surface area contributed by atoms with E-state index < -0.39 is 0 Å².